The molecule has 0 aliphatic rings. The van der Waals surface area contributed by atoms with Crippen molar-refractivity contribution in [2.75, 3.05) is 13.7 Å². The molecule has 0 spiro atoms. The quantitative estimate of drug-likeness (QED) is 0.125. The third-order valence-electron chi connectivity index (χ3n) is 5.52. The normalized spacial score (nSPS) is 11.8. The van der Waals surface area contributed by atoms with Crippen LogP contribution in [0.5, 0.6) is 11.5 Å². The maximum absolute atomic E-state index is 11.7. The lowest BCUT2D eigenvalue weighted by atomic mass is 10.1. The van der Waals surface area contributed by atoms with E-state index in [0.717, 1.165) is 21.5 Å². The third-order valence-corrected chi connectivity index (χ3v) is 7.18. The van der Waals surface area contributed by atoms with Crippen LogP contribution in [0.25, 0.3) is 5.69 Å². The number of ether oxygens (including phenoxy) is 2. The van der Waals surface area contributed by atoms with Gasteiger partial charge >= 0.3 is 0 Å². The molecule has 10 heteroatoms. The lowest BCUT2D eigenvalue weighted by Crippen LogP contribution is -2.12. The number of methoxy groups -OCH3 is 1. The van der Waals surface area contributed by atoms with Gasteiger partial charge in [0.25, 0.3) is 0 Å². The van der Waals surface area contributed by atoms with Gasteiger partial charge in [-0.2, -0.15) is 0 Å². The molecule has 8 nitrogen and oxygen atoms in total. The van der Waals surface area contributed by atoms with E-state index in [4.69, 9.17) is 9.47 Å². The highest BCUT2D eigenvalue weighted by Gasteiger charge is 2.27. The molecule has 186 valence electrons. The van der Waals surface area contributed by atoms with Gasteiger partial charge < -0.3 is 9.47 Å². The van der Waals surface area contributed by atoms with Gasteiger partial charge in [0, 0.05) is 20.6 Å². The molecule has 1 heterocycles. The van der Waals surface area contributed by atoms with E-state index < -0.39 is 5.25 Å². The number of nitro groups is 1. The van der Waals surface area contributed by atoms with Crippen molar-refractivity contribution in [1.29, 1.82) is 0 Å². The Kier molecular flexibility index (Phi) is 8.27. The second-order valence-corrected chi connectivity index (χ2v) is 10.2. The lowest BCUT2D eigenvalue weighted by Gasteiger charge is -2.18. The Bertz CT molecular complexity index is 1340. The van der Waals surface area contributed by atoms with Gasteiger partial charge in [0.1, 0.15) is 29.2 Å². The number of hydrogen-bond donors (Lipinski definition) is 0. The first-order chi connectivity index (χ1) is 17.3. The summed E-state index contributed by atoms with van der Waals surface area (Å²) in [5.41, 5.74) is 3.73. The van der Waals surface area contributed by atoms with E-state index in [1.807, 2.05) is 85.1 Å². The Labute approximate surface area is 221 Å². The van der Waals surface area contributed by atoms with E-state index >= 15 is 0 Å². The number of halogens is 1. The topological polar surface area (TPSA) is 92.3 Å². The molecule has 1 aromatic heterocycles. The summed E-state index contributed by atoms with van der Waals surface area (Å²) < 4.78 is 14.1. The van der Waals surface area contributed by atoms with Gasteiger partial charge in [-0.15, -0.1) is 10.2 Å². The molecule has 36 heavy (non-hydrogen) atoms. The molecule has 3 aromatic carbocycles. The summed E-state index contributed by atoms with van der Waals surface area (Å²) in [7, 11) is 1.61. The number of aryl methyl sites for hydroxylation is 2. The van der Waals surface area contributed by atoms with Crippen LogP contribution in [0.4, 0.5) is 0 Å². The summed E-state index contributed by atoms with van der Waals surface area (Å²) in [6.45, 7) is 3.92. The van der Waals surface area contributed by atoms with E-state index in [1.165, 1.54) is 17.3 Å². The van der Waals surface area contributed by atoms with Crippen LogP contribution in [0.2, 0.25) is 0 Å². The van der Waals surface area contributed by atoms with Crippen LogP contribution in [0.3, 0.4) is 0 Å². The lowest BCUT2D eigenvalue weighted by molar-refractivity contribution is -0.479. The van der Waals surface area contributed by atoms with Crippen molar-refractivity contribution in [1.82, 2.24) is 14.8 Å². The molecule has 0 aliphatic heterocycles. The summed E-state index contributed by atoms with van der Waals surface area (Å²) in [6, 6.07) is 21.1. The number of nitrogens with zero attached hydrogens (tertiary/aromatic N) is 4. The van der Waals surface area contributed by atoms with Crippen LogP contribution in [-0.4, -0.2) is 33.3 Å². The minimum atomic E-state index is -0.564. The van der Waals surface area contributed by atoms with E-state index in [1.54, 1.807) is 7.11 Å². The first-order valence-electron chi connectivity index (χ1n) is 11.2. The fraction of sp³-hybridized carbons (Fsp3) is 0.231. The van der Waals surface area contributed by atoms with Gasteiger partial charge in [-0.3, -0.25) is 14.7 Å². The van der Waals surface area contributed by atoms with Crippen LogP contribution < -0.4 is 9.47 Å². The van der Waals surface area contributed by atoms with E-state index in [9.17, 15) is 10.1 Å². The smallest absolute Gasteiger partial charge is 0.220 e. The average Bonchev–Trinajstić information content (AvgIpc) is 3.23. The Balaban J connectivity index is 1.66. The van der Waals surface area contributed by atoms with E-state index in [0.29, 0.717) is 28.9 Å². The van der Waals surface area contributed by atoms with Crippen molar-refractivity contribution < 1.29 is 14.4 Å². The maximum Gasteiger partial charge on any atom is 0.220 e. The summed E-state index contributed by atoms with van der Waals surface area (Å²) in [6.07, 6.45) is 0. The molecule has 0 saturated heterocycles. The van der Waals surface area contributed by atoms with Crippen molar-refractivity contribution in [3.63, 3.8) is 0 Å². The van der Waals surface area contributed by atoms with E-state index in [2.05, 4.69) is 26.1 Å². The minimum Gasteiger partial charge on any atom is -0.497 e. The minimum absolute atomic E-state index is 0.309. The van der Waals surface area contributed by atoms with Crippen molar-refractivity contribution in [3.8, 4) is 17.2 Å². The Morgan fingerprint density at radius 3 is 2.44 bits per heavy atom. The van der Waals surface area contributed by atoms with Crippen molar-refractivity contribution in [2.24, 2.45) is 0 Å². The highest BCUT2D eigenvalue weighted by molar-refractivity contribution is 9.10. The summed E-state index contributed by atoms with van der Waals surface area (Å²) in [5, 5.41) is 20.2. The Morgan fingerprint density at radius 2 is 1.78 bits per heavy atom. The number of aromatic nitrogens is 3. The fourth-order valence-electron chi connectivity index (χ4n) is 3.66. The van der Waals surface area contributed by atoms with Gasteiger partial charge in [-0.25, -0.2) is 0 Å². The summed E-state index contributed by atoms with van der Waals surface area (Å²) >= 11 is 4.79. The molecule has 0 saturated carbocycles. The fourth-order valence-corrected chi connectivity index (χ4v) is 5.23. The summed E-state index contributed by atoms with van der Waals surface area (Å²) in [4.78, 5) is 11.4. The standard InChI is InChI=1S/C26H25BrN4O4S/c1-17-4-6-19(7-5-17)16-35-24-13-8-20(27)14-23(24)25(15-30(32)33)36-26-29-28-18(2)31(26)21-9-11-22(34-3)12-10-21/h4-14,25H,15-16H2,1-3H3/t25-/m0/s1. The Hall–Kier alpha value is -3.37. The second kappa shape index (κ2) is 11.6. The van der Waals surface area contributed by atoms with Crippen LogP contribution in [-0.2, 0) is 6.61 Å². The van der Waals surface area contributed by atoms with Gasteiger partial charge in [-0.05, 0) is 61.9 Å². The van der Waals surface area contributed by atoms with Gasteiger partial charge in [0.15, 0.2) is 5.16 Å². The molecule has 0 fully saturated rings. The van der Waals surface area contributed by atoms with Crippen molar-refractivity contribution in [3.05, 3.63) is 104 Å². The third kappa shape index (κ3) is 6.24. The molecule has 0 N–H and O–H groups in total. The number of hydrogen-bond acceptors (Lipinski definition) is 7. The zero-order chi connectivity index (χ0) is 25.7. The van der Waals surface area contributed by atoms with Crippen LogP contribution >= 0.6 is 27.7 Å². The number of benzene rings is 3. The number of rotatable bonds is 10. The van der Waals surface area contributed by atoms with E-state index in [-0.39, 0.29) is 11.5 Å². The highest BCUT2D eigenvalue weighted by Crippen LogP contribution is 2.41. The summed E-state index contributed by atoms with van der Waals surface area (Å²) in [5.74, 6) is 1.99. The van der Waals surface area contributed by atoms with Crippen molar-refractivity contribution >= 4 is 27.7 Å². The highest BCUT2D eigenvalue weighted by atomic mass is 79.9. The molecule has 1 atom stereocenters. The molecular weight excluding hydrogens is 544 g/mol. The first-order valence-corrected chi connectivity index (χ1v) is 12.8. The van der Waals surface area contributed by atoms with Crippen LogP contribution in [0.1, 0.15) is 27.8 Å². The molecule has 0 amide bonds. The molecule has 0 aliphatic carbocycles. The first kappa shape index (κ1) is 25.7. The molecule has 4 aromatic rings. The molecular formula is C26H25BrN4O4S. The Morgan fingerprint density at radius 1 is 1.06 bits per heavy atom. The molecule has 0 bridgehead atoms. The molecule has 4 rings (SSSR count). The van der Waals surface area contributed by atoms with Gasteiger partial charge in [-0.1, -0.05) is 57.5 Å². The predicted octanol–water partition coefficient (Wildman–Crippen LogP) is 6.34. The average molecular weight is 569 g/mol. The largest absolute Gasteiger partial charge is 0.497 e. The maximum atomic E-state index is 11.7. The second-order valence-electron chi connectivity index (χ2n) is 8.14. The van der Waals surface area contributed by atoms with Gasteiger partial charge in [0.2, 0.25) is 6.54 Å². The van der Waals surface area contributed by atoms with Crippen LogP contribution in [0.15, 0.2) is 76.4 Å². The molecule has 0 unspecified atom stereocenters. The predicted molar refractivity (Wildman–Crippen MR) is 143 cm³/mol. The van der Waals surface area contributed by atoms with Crippen molar-refractivity contribution in [2.45, 2.75) is 30.9 Å². The monoisotopic (exact) mass is 568 g/mol. The molecule has 0 radical (unpaired) electrons. The van der Waals surface area contributed by atoms with Gasteiger partial charge in [0.05, 0.1) is 7.11 Å². The van der Waals surface area contributed by atoms with Crippen LogP contribution in [0, 0.1) is 24.0 Å². The SMILES string of the molecule is COc1ccc(-n2c(C)nnc2S[C@@H](C[N+](=O)[O-])c2cc(Br)ccc2OCc2ccc(C)cc2)cc1. The number of thioether (sulfide) groups is 1. The zero-order valence-corrected chi connectivity index (χ0v) is 22.5. The zero-order valence-electron chi connectivity index (χ0n) is 20.1.